The van der Waals surface area contributed by atoms with Gasteiger partial charge in [0.1, 0.15) is 30.7 Å². The summed E-state index contributed by atoms with van der Waals surface area (Å²) in [4.78, 5) is 27.6. The lowest BCUT2D eigenvalue weighted by molar-refractivity contribution is -0.179. The Morgan fingerprint density at radius 2 is 1.38 bits per heavy atom. The molecule has 0 aromatic heterocycles. The van der Waals surface area contributed by atoms with Crippen LogP contribution in [-0.4, -0.2) is 57.3 Å². The maximum absolute atomic E-state index is 13.9. The number of carbonyl (C=O) groups excluding carboxylic acids is 2. The molecule has 1 heterocycles. The quantitative estimate of drug-likeness (QED) is 0.141. The summed E-state index contributed by atoms with van der Waals surface area (Å²) in [5, 5.41) is 0. The second-order valence-electron chi connectivity index (χ2n) is 11.1. The van der Waals surface area contributed by atoms with Gasteiger partial charge in [0.2, 0.25) is 0 Å². The van der Waals surface area contributed by atoms with Crippen molar-refractivity contribution in [3.05, 3.63) is 131 Å². The first-order valence-electron chi connectivity index (χ1n) is 15.1. The molecule has 4 atom stereocenters. The topological polar surface area (TPSA) is 118 Å². The monoisotopic (exact) mass is 659 g/mol. The Labute approximate surface area is 274 Å². The molecule has 11 heteroatoms. The van der Waals surface area contributed by atoms with Crippen molar-refractivity contribution in [3.8, 4) is 5.75 Å². The van der Waals surface area contributed by atoms with Gasteiger partial charge >= 0.3 is 12.1 Å². The van der Waals surface area contributed by atoms with Crippen molar-refractivity contribution in [1.29, 1.82) is 0 Å². The Morgan fingerprint density at radius 1 is 0.787 bits per heavy atom. The minimum atomic E-state index is -4.39. The van der Waals surface area contributed by atoms with Crippen molar-refractivity contribution in [2.75, 3.05) is 13.7 Å². The number of benzene rings is 4. The van der Waals surface area contributed by atoms with Gasteiger partial charge < -0.3 is 18.9 Å². The van der Waals surface area contributed by atoms with Crippen LogP contribution in [0, 0.1) is 6.92 Å². The lowest BCUT2D eigenvalue weighted by Crippen LogP contribution is -2.61. The molecule has 0 radical (unpaired) electrons. The van der Waals surface area contributed by atoms with Gasteiger partial charge in [-0.3, -0.25) is 13.9 Å². The molecule has 1 saturated heterocycles. The highest BCUT2D eigenvalue weighted by Gasteiger charge is 2.51. The van der Waals surface area contributed by atoms with Gasteiger partial charge in [-0.25, -0.2) is 4.79 Å². The number of hydrogen-bond acceptors (Lipinski definition) is 9. The number of likely N-dealkylation sites (tertiary alicyclic amines) is 1. The average molecular weight is 660 g/mol. The fourth-order valence-corrected chi connectivity index (χ4v) is 6.54. The molecule has 1 fully saturated rings. The van der Waals surface area contributed by atoms with Gasteiger partial charge in [0.15, 0.2) is 0 Å². The smallest absolute Gasteiger partial charge is 0.410 e. The van der Waals surface area contributed by atoms with Gasteiger partial charge in [-0.05, 0) is 47.9 Å². The largest absolute Gasteiger partial charge is 0.497 e. The second kappa shape index (κ2) is 15.3. The molecule has 1 aliphatic heterocycles. The Bertz CT molecular complexity index is 1730. The molecule has 0 bridgehead atoms. The number of ether oxygens (including phenoxy) is 4. The third-order valence-corrected chi connectivity index (χ3v) is 9.09. The van der Waals surface area contributed by atoms with E-state index < -0.39 is 46.5 Å². The van der Waals surface area contributed by atoms with Crippen molar-refractivity contribution < 1.29 is 41.1 Å². The number of amides is 1. The zero-order valence-corrected chi connectivity index (χ0v) is 27.2. The molecular formula is C36H37NO9S. The Balaban J connectivity index is 1.59. The summed E-state index contributed by atoms with van der Waals surface area (Å²) < 4.78 is 56.7. The zero-order chi connectivity index (χ0) is 33.4. The highest BCUT2D eigenvalue weighted by molar-refractivity contribution is 7.86. The van der Waals surface area contributed by atoms with Crippen LogP contribution in [0.5, 0.6) is 5.75 Å². The lowest BCUT2D eigenvalue weighted by atomic mass is 9.88. The zero-order valence-electron chi connectivity index (χ0n) is 26.4. The maximum atomic E-state index is 13.9. The molecular weight excluding hydrogens is 622 g/mol. The summed E-state index contributed by atoms with van der Waals surface area (Å²) in [6.07, 6.45) is -4.43. The first-order chi connectivity index (χ1) is 22.6. The minimum Gasteiger partial charge on any atom is -0.497 e. The van der Waals surface area contributed by atoms with Crippen molar-refractivity contribution in [1.82, 2.24) is 4.90 Å². The van der Waals surface area contributed by atoms with E-state index in [4.69, 9.17) is 23.1 Å². The number of methoxy groups -OCH3 is 1. The third kappa shape index (κ3) is 8.56. The molecule has 10 nitrogen and oxygen atoms in total. The summed E-state index contributed by atoms with van der Waals surface area (Å²) in [7, 11) is -2.85. The summed E-state index contributed by atoms with van der Waals surface area (Å²) in [6.45, 7) is 2.85. The molecule has 47 heavy (non-hydrogen) atoms. The summed E-state index contributed by atoms with van der Waals surface area (Å²) in [5.41, 5.74) is 3.04. The van der Waals surface area contributed by atoms with Crippen molar-refractivity contribution in [2.45, 2.75) is 56.3 Å². The maximum Gasteiger partial charge on any atom is 0.410 e. The van der Waals surface area contributed by atoms with Crippen molar-refractivity contribution in [3.63, 3.8) is 0 Å². The second-order valence-corrected chi connectivity index (χ2v) is 12.7. The summed E-state index contributed by atoms with van der Waals surface area (Å²) >= 11 is 0. The standard InChI is InChI=1S/C36H37NO9S/c1-25-14-20-31(21-15-25)47(40,41)46-34-32(45-26(2)38)22-37(36(39)44-24-28-12-8-5-9-13-28)33(29-16-18-30(42-3)19-17-29)35(34)43-23-27-10-6-4-7-11-27/h4-21,32-35H,22-24H2,1-3H3/t32-,33+,34-,35+/m0/s1. The first-order valence-corrected chi connectivity index (χ1v) is 16.5. The number of aryl methyl sites for hydroxylation is 1. The number of carbonyl (C=O) groups is 2. The molecule has 1 aliphatic rings. The van der Waals surface area contributed by atoms with Crippen LogP contribution in [0.3, 0.4) is 0 Å². The van der Waals surface area contributed by atoms with E-state index in [1.807, 2.05) is 67.6 Å². The van der Waals surface area contributed by atoms with E-state index in [2.05, 4.69) is 0 Å². The number of rotatable bonds is 11. The van der Waals surface area contributed by atoms with Crippen LogP contribution in [0.15, 0.2) is 114 Å². The Hall–Kier alpha value is -4.71. The van der Waals surface area contributed by atoms with Gasteiger partial charge in [-0.2, -0.15) is 8.42 Å². The predicted molar refractivity (Wildman–Crippen MR) is 173 cm³/mol. The van der Waals surface area contributed by atoms with Crippen LogP contribution >= 0.6 is 0 Å². The van der Waals surface area contributed by atoms with Gasteiger partial charge in [0.05, 0.1) is 31.2 Å². The van der Waals surface area contributed by atoms with Gasteiger partial charge in [0, 0.05) is 6.92 Å². The van der Waals surface area contributed by atoms with Crippen LogP contribution in [0.4, 0.5) is 4.79 Å². The van der Waals surface area contributed by atoms with E-state index in [-0.39, 0.29) is 24.7 Å². The van der Waals surface area contributed by atoms with E-state index in [1.165, 1.54) is 31.1 Å². The van der Waals surface area contributed by atoms with Gasteiger partial charge in [-0.15, -0.1) is 0 Å². The SMILES string of the molecule is COc1ccc([C@@H]2[C@@H](OCc3ccccc3)[C@@H](OS(=O)(=O)c3ccc(C)cc3)[C@@H](OC(C)=O)CN2C(=O)OCc2ccccc2)cc1. The van der Waals surface area contributed by atoms with E-state index in [0.29, 0.717) is 11.3 Å². The molecule has 1 amide bonds. The highest BCUT2D eigenvalue weighted by Crippen LogP contribution is 2.39. The number of nitrogens with zero attached hydrogens (tertiary/aromatic N) is 1. The molecule has 5 rings (SSSR count). The first kappa shape index (κ1) is 33.6. The Kier molecular flexibility index (Phi) is 10.9. The predicted octanol–water partition coefficient (Wildman–Crippen LogP) is 5.99. The van der Waals surface area contributed by atoms with E-state index in [1.54, 1.807) is 36.4 Å². The van der Waals surface area contributed by atoms with Crippen LogP contribution in [0.1, 0.15) is 35.2 Å². The van der Waals surface area contributed by atoms with E-state index >= 15 is 0 Å². The minimum absolute atomic E-state index is 0.0129. The molecule has 0 aliphatic carbocycles. The van der Waals surface area contributed by atoms with Crippen LogP contribution < -0.4 is 4.74 Å². The average Bonchev–Trinajstić information content (AvgIpc) is 3.08. The van der Waals surface area contributed by atoms with Crippen molar-refractivity contribution in [2.24, 2.45) is 0 Å². The van der Waals surface area contributed by atoms with E-state index in [9.17, 15) is 18.0 Å². The van der Waals surface area contributed by atoms with Crippen LogP contribution in [-0.2, 0) is 46.5 Å². The normalized spacial score (nSPS) is 19.5. The molecule has 246 valence electrons. The van der Waals surface area contributed by atoms with Gasteiger partial charge in [-0.1, -0.05) is 90.5 Å². The molecule has 4 aromatic carbocycles. The molecule has 0 saturated carbocycles. The summed E-state index contributed by atoms with van der Waals surface area (Å²) in [6, 6.07) is 30.8. The molecule has 0 spiro atoms. The molecule has 0 unspecified atom stereocenters. The fraction of sp³-hybridized carbons (Fsp3) is 0.278. The number of hydrogen-bond donors (Lipinski definition) is 0. The number of esters is 1. The fourth-order valence-electron chi connectivity index (χ4n) is 5.43. The molecule has 0 N–H and O–H groups in total. The molecule has 4 aromatic rings. The van der Waals surface area contributed by atoms with Gasteiger partial charge in [0.25, 0.3) is 10.1 Å². The summed E-state index contributed by atoms with van der Waals surface area (Å²) in [5.74, 6) is -0.101. The highest BCUT2D eigenvalue weighted by atomic mass is 32.2. The van der Waals surface area contributed by atoms with Crippen LogP contribution in [0.2, 0.25) is 0 Å². The lowest BCUT2D eigenvalue weighted by Gasteiger charge is -2.47. The Morgan fingerprint density at radius 3 is 1.96 bits per heavy atom. The van der Waals surface area contributed by atoms with Crippen LogP contribution in [0.25, 0.3) is 0 Å². The third-order valence-electron chi connectivity index (χ3n) is 7.76. The van der Waals surface area contributed by atoms with Crippen molar-refractivity contribution >= 4 is 22.2 Å². The van der Waals surface area contributed by atoms with E-state index in [0.717, 1.165) is 16.7 Å². The number of piperidine rings is 1.